The predicted octanol–water partition coefficient (Wildman–Crippen LogP) is 3.65. The van der Waals surface area contributed by atoms with Crippen molar-refractivity contribution in [3.8, 4) is 17.0 Å². The third-order valence-corrected chi connectivity index (χ3v) is 4.68. The molecular weight excluding hydrogens is 413 g/mol. The van der Waals surface area contributed by atoms with Crippen LogP contribution in [0, 0.1) is 19.7 Å². The monoisotopic (exact) mass is 433 g/mol. The maximum absolute atomic E-state index is 14.6. The lowest BCUT2D eigenvalue weighted by molar-refractivity contribution is -0.115. The van der Waals surface area contributed by atoms with Gasteiger partial charge in [-0.25, -0.2) is 9.07 Å². The van der Waals surface area contributed by atoms with Gasteiger partial charge in [0.2, 0.25) is 5.91 Å². The summed E-state index contributed by atoms with van der Waals surface area (Å²) in [6, 6.07) is 16.8. The first-order valence-corrected chi connectivity index (χ1v) is 9.84. The molecule has 0 aliphatic rings. The first-order chi connectivity index (χ1) is 15.4. The molecule has 4 rings (SSSR count). The van der Waals surface area contributed by atoms with Gasteiger partial charge in [-0.15, -0.1) is 0 Å². The van der Waals surface area contributed by atoms with Crippen molar-refractivity contribution < 1.29 is 18.5 Å². The van der Waals surface area contributed by atoms with Crippen LogP contribution in [0.2, 0.25) is 0 Å². The van der Waals surface area contributed by atoms with Gasteiger partial charge in [-0.1, -0.05) is 35.5 Å². The summed E-state index contributed by atoms with van der Waals surface area (Å²) in [5.74, 6) is -1.16. The van der Waals surface area contributed by atoms with E-state index in [1.807, 2.05) is 50.2 Å². The summed E-state index contributed by atoms with van der Waals surface area (Å²) in [6.45, 7) is 3.34. The molecular formula is C23H20FN5O3. The molecule has 0 bridgehead atoms. The van der Waals surface area contributed by atoms with Crippen LogP contribution in [-0.2, 0) is 4.79 Å². The molecule has 2 amide bonds. The van der Waals surface area contributed by atoms with Crippen LogP contribution in [0.5, 0.6) is 0 Å². The number of anilines is 1. The van der Waals surface area contributed by atoms with Crippen molar-refractivity contribution >= 4 is 17.5 Å². The number of hydrogen-bond donors (Lipinski definition) is 2. The van der Waals surface area contributed by atoms with Crippen molar-refractivity contribution in [3.63, 3.8) is 0 Å². The van der Waals surface area contributed by atoms with Crippen LogP contribution in [0.25, 0.3) is 17.0 Å². The molecule has 2 N–H and O–H groups in total. The summed E-state index contributed by atoms with van der Waals surface area (Å²) in [6.07, 6.45) is 0. The summed E-state index contributed by atoms with van der Waals surface area (Å²) in [5, 5.41) is 13.0. The second-order valence-electron chi connectivity index (χ2n) is 7.18. The molecule has 0 atom stereocenters. The molecule has 0 radical (unpaired) electrons. The van der Waals surface area contributed by atoms with Crippen molar-refractivity contribution in [2.45, 2.75) is 13.8 Å². The first-order valence-electron chi connectivity index (χ1n) is 9.84. The molecule has 4 aromatic rings. The van der Waals surface area contributed by atoms with E-state index >= 15 is 0 Å². The minimum Gasteiger partial charge on any atom is -0.355 e. The lowest BCUT2D eigenvalue weighted by Crippen LogP contribution is -2.33. The number of nitrogens with one attached hydrogen (secondary N) is 2. The molecule has 0 spiro atoms. The van der Waals surface area contributed by atoms with Crippen LogP contribution in [0.4, 0.5) is 10.1 Å². The standard InChI is InChI=1S/C23H20FN5O3/c1-14-10-15(2)29(27-14)20-9-8-17(11-18(20)24)26-22(30)13-25-23(31)19-12-21(32-28-19)16-6-4-3-5-7-16/h3-12H,13H2,1-2H3,(H,25,31)(H,26,30). The van der Waals surface area contributed by atoms with Crippen molar-refractivity contribution in [1.29, 1.82) is 0 Å². The lowest BCUT2D eigenvalue weighted by atomic mass is 10.1. The fourth-order valence-electron chi connectivity index (χ4n) is 3.21. The van der Waals surface area contributed by atoms with Crippen LogP contribution in [-0.4, -0.2) is 33.3 Å². The Hall–Kier alpha value is -4.27. The number of carbonyl (C=O) groups is 2. The van der Waals surface area contributed by atoms with E-state index in [1.54, 1.807) is 6.07 Å². The molecule has 0 fully saturated rings. The van der Waals surface area contributed by atoms with Gasteiger partial charge >= 0.3 is 0 Å². The number of carbonyl (C=O) groups excluding carboxylic acids is 2. The predicted molar refractivity (Wildman–Crippen MR) is 116 cm³/mol. The van der Waals surface area contributed by atoms with Crippen molar-refractivity contribution in [3.05, 3.63) is 83.6 Å². The van der Waals surface area contributed by atoms with Crippen molar-refractivity contribution in [2.75, 3.05) is 11.9 Å². The third-order valence-electron chi connectivity index (χ3n) is 4.68. The van der Waals surface area contributed by atoms with Crippen LogP contribution < -0.4 is 10.6 Å². The van der Waals surface area contributed by atoms with Gasteiger partial charge in [0, 0.05) is 23.0 Å². The highest BCUT2D eigenvalue weighted by Crippen LogP contribution is 2.21. The van der Waals surface area contributed by atoms with Gasteiger partial charge < -0.3 is 15.2 Å². The fraction of sp³-hybridized carbons (Fsp3) is 0.130. The Labute approximate surface area is 183 Å². The summed E-state index contributed by atoms with van der Waals surface area (Å²) >= 11 is 0. The van der Waals surface area contributed by atoms with E-state index in [4.69, 9.17) is 4.52 Å². The number of aromatic nitrogens is 3. The topological polar surface area (TPSA) is 102 Å². The Kier molecular flexibility index (Phi) is 5.80. The zero-order valence-electron chi connectivity index (χ0n) is 17.4. The number of nitrogens with zero attached hydrogens (tertiary/aromatic N) is 3. The van der Waals surface area contributed by atoms with Crippen LogP contribution >= 0.6 is 0 Å². The van der Waals surface area contributed by atoms with E-state index < -0.39 is 17.6 Å². The average molecular weight is 433 g/mol. The maximum atomic E-state index is 14.6. The van der Waals surface area contributed by atoms with E-state index in [1.165, 1.54) is 22.9 Å². The molecule has 0 saturated carbocycles. The Morgan fingerprint density at radius 2 is 1.84 bits per heavy atom. The van der Waals surface area contributed by atoms with Gasteiger partial charge in [0.15, 0.2) is 17.3 Å². The number of amides is 2. The molecule has 32 heavy (non-hydrogen) atoms. The zero-order valence-corrected chi connectivity index (χ0v) is 17.4. The Balaban J connectivity index is 1.35. The smallest absolute Gasteiger partial charge is 0.273 e. The molecule has 0 aliphatic heterocycles. The maximum Gasteiger partial charge on any atom is 0.273 e. The van der Waals surface area contributed by atoms with E-state index in [2.05, 4.69) is 20.9 Å². The molecule has 2 aromatic heterocycles. The minimum atomic E-state index is -0.558. The summed E-state index contributed by atoms with van der Waals surface area (Å²) in [7, 11) is 0. The highest BCUT2D eigenvalue weighted by atomic mass is 19.1. The largest absolute Gasteiger partial charge is 0.355 e. The van der Waals surface area contributed by atoms with Crippen LogP contribution in [0.15, 0.2) is 65.2 Å². The van der Waals surface area contributed by atoms with E-state index in [-0.39, 0.29) is 23.6 Å². The Bertz CT molecular complexity index is 1280. The van der Waals surface area contributed by atoms with E-state index in [0.29, 0.717) is 5.76 Å². The van der Waals surface area contributed by atoms with E-state index in [0.717, 1.165) is 17.0 Å². The molecule has 162 valence electrons. The first kappa shape index (κ1) is 21.0. The molecule has 9 heteroatoms. The van der Waals surface area contributed by atoms with Gasteiger partial charge in [0.1, 0.15) is 5.69 Å². The molecule has 8 nitrogen and oxygen atoms in total. The fourth-order valence-corrected chi connectivity index (χ4v) is 3.21. The summed E-state index contributed by atoms with van der Waals surface area (Å²) in [5.41, 5.74) is 2.95. The number of benzene rings is 2. The summed E-state index contributed by atoms with van der Waals surface area (Å²) < 4.78 is 21.2. The number of aryl methyl sites for hydroxylation is 2. The lowest BCUT2D eigenvalue weighted by Gasteiger charge is -2.09. The highest BCUT2D eigenvalue weighted by Gasteiger charge is 2.15. The number of halogens is 1. The molecule has 2 heterocycles. The van der Waals surface area contributed by atoms with Gasteiger partial charge in [-0.2, -0.15) is 5.10 Å². The third kappa shape index (κ3) is 4.56. The zero-order chi connectivity index (χ0) is 22.7. The normalized spacial score (nSPS) is 10.7. The van der Waals surface area contributed by atoms with Crippen LogP contribution in [0.1, 0.15) is 21.9 Å². The van der Waals surface area contributed by atoms with Crippen molar-refractivity contribution in [2.24, 2.45) is 0 Å². The number of rotatable bonds is 6. The second-order valence-corrected chi connectivity index (χ2v) is 7.18. The van der Waals surface area contributed by atoms with Gasteiger partial charge in [-0.3, -0.25) is 9.59 Å². The molecule has 0 saturated heterocycles. The van der Waals surface area contributed by atoms with Crippen molar-refractivity contribution in [1.82, 2.24) is 20.3 Å². The molecule has 0 unspecified atom stereocenters. The van der Waals surface area contributed by atoms with Crippen LogP contribution in [0.3, 0.4) is 0 Å². The minimum absolute atomic E-state index is 0.0527. The molecule has 0 aliphatic carbocycles. The Morgan fingerprint density at radius 3 is 2.53 bits per heavy atom. The van der Waals surface area contributed by atoms with Gasteiger partial charge in [-0.05, 0) is 38.1 Å². The number of hydrogen-bond acceptors (Lipinski definition) is 5. The average Bonchev–Trinajstić information content (AvgIpc) is 3.39. The van der Waals surface area contributed by atoms with Gasteiger partial charge in [0.05, 0.1) is 12.2 Å². The second kappa shape index (κ2) is 8.84. The highest BCUT2D eigenvalue weighted by molar-refractivity contribution is 5.98. The SMILES string of the molecule is Cc1cc(C)n(-c2ccc(NC(=O)CNC(=O)c3cc(-c4ccccc4)on3)cc2F)n1. The van der Waals surface area contributed by atoms with E-state index in [9.17, 15) is 14.0 Å². The Morgan fingerprint density at radius 1 is 1.06 bits per heavy atom. The quantitative estimate of drug-likeness (QED) is 0.483. The summed E-state index contributed by atoms with van der Waals surface area (Å²) in [4.78, 5) is 24.4. The molecule has 2 aromatic carbocycles. The van der Waals surface area contributed by atoms with Gasteiger partial charge in [0.25, 0.3) is 5.91 Å².